The van der Waals surface area contributed by atoms with E-state index in [2.05, 4.69) is 19.8 Å². The molecule has 0 N–H and O–H groups in total. The standard InChI is InChI=1S/C14H15N5O5/c1-4-24-13(21)18(9(2)20)12-7-11(10-5-6-15-8-16-10)17-19(12)14(22)23-3/h5-8H,4H2,1-3H3. The van der Waals surface area contributed by atoms with E-state index >= 15 is 0 Å². The van der Waals surface area contributed by atoms with Gasteiger partial charge in [-0.2, -0.15) is 10.00 Å². The van der Waals surface area contributed by atoms with Crippen LogP contribution in [0.25, 0.3) is 11.4 Å². The molecule has 0 radical (unpaired) electrons. The summed E-state index contributed by atoms with van der Waals surface area (Å²) in [7, 11) is 1.15. The molecule has 2 aromatic heterocycles. The molecule has 0 saturated heterocycles. The lowest BCUT2D eigenvalue weighted by molar-refractivity contribution is -0.116. The highest BCUT2D eigenvalue weighted by molar-refractivity contribution is 6.11. The first kappa shape index (κ1) is 17.1. The predicted molar refractivity (Wildman–Crippen MR) is 81.2 cm³/mol. The second-order valence-electron chi connectivity index (χ2n) is 4.42. The van der Waals surface area contributed by atoms with Crippen LogP contribution < -0.4 is 4.90 Å². The first-order valence-corrected chi connectivity index (χ1v) is 6.91. The Morgan fingerprint density at radius 2 is 2.04 bits per heavy atom. The second-order valence-corrected chi connectivity index (χ2v) is 4.42. The number of nitrogens with zero attached hydrogens (tertiary/aromatic N) is 5. The van der Waals surface area contributed by atoms with E-state index in [-0.39, 0.29) is 18.1 Å². The number of hydrogen-bond acceptors (Lipinski definition) is 8. The topological polar surface area (TPSA) is 117 Å². The summed E-state index contributed by atoms with van der Waals surface area (Å²) < 4.78 is 10.3. The van der Waals surface area contributed by atoms with Crippen LogP contribution in [0.3, 0.4) is 0 Å². The van der Waals surface area contributed by atoms with Crippen LogP contribution in [0.5, 0.6) is 0 Å². The number of imide groups is 1. The van der Waals surface area contributed by atoms with Crippen molar-refractivity contribution in [1.82, 2.24) is 19.7 Å². The fourth-order valence-corrected chi connectivity index (χ4v) is 1.89. The fourth-order valence-electron chi connectivity index (χ4n) is 1.89. The zero-order valence-corrected chi connectivity index (χ0v) is 13.3. The summed E-state index contributed by atoms with van der Waals surface area (Å²) in [5, 5.41) is 4.05. The molecule has 2 amide bonds. The highest BCUT2D eigenvalue weighted by atomic mass is 16.6. The summed E-state index contributed by atoms with van der Waals surface area (Å²) in [4.78, 5) is 44.4. The molecule has 10 nitrogen and oxygen atoms in total. The maximum absolute atomic E-state index is 12.1. The van der Waals surface area contributed by atoms with Crippen LogP contribution in [0.4, 0.5) is 15.4 Å². The van der Waals surface area contributed by atoms with Crippen molar-refractivity contribution in [3.63, 3.8) is 0 Å². The van der Waals surface area contributed by atoms with Crippen molar-refractivity contribution in [2.24, 2.45) is 0 Å². The van der Waals surface area contributed by atoms with Crippen LogP contribution in [0.15, 0.2) is 24.7 Å². The number of carbonyl (C=O) groups excluding carboxylic acids is 3. The summed E-state index contributed by atoms with van der Waals surface area (Å²) in [6.45, 7) is 2.82. The average Bonchev–Trinajstić information content (AvgIpc) is 3.00. The van der Waals surface area contributed by atoms with Gasteiger partial charge in [-0.3, -0.25) is 4.79 Å². The molecule has 0 unspecified atom stereocenters. The minimum atomic E-state index is -0.927. The molecular formula is C14H15N5O5. The third kappa shape index (κ3) is 3.37. The summed E-state index contributed by atoms with van der Waals surface area (Å²) in [5.74, 6) is -0.755. The Balaban J connectivity index is 2.57. The van der Waals surface area contributed by atoms with Crippen molar-refractivity contribution in [3.8, 4) is 11.4 Å². The highest BCUT2D eigenvalue weighted by Gasteiger charge is 2.29. The number of methoxy groups -OCH3 is 1. The summed E-state index contributed by atoms with van der Waals surface area (Å²) in [6.07, 6.45) is 0.998. The Hall–Kier alpha value is -3.30. The third-order valence-electron chi connectivity index (χ3n) is 2.88. The van der Waals surface area contributed by atoms with E-state index in [0.29, 0.717) is 10.6 Å². The van der Waals surface area contributed by atoms with E-state index in [0.717, 1.165) is 18.7 Å². The Morgan fingerprint density at radius 1 is 1.29 bits per heavy atom. The molecule has 2 heterocycles. The molecule has 0 atom stereocenters. The van der Waals surface area contributed by atoms with E-state index in [9.17, 15) is 14.4 Å². The molecule has 0 spiro atoms. The normalized spacial score (nSPS) is 10.1. The van der Waals surface area contributed by atoms with Gasteiger partial charge in [0.05, 0.1) is 19.4 Å². The Morgan fingerprint density at radius 3 is 2.58 bits per heavy atom. The minimum absolute atomic E-state index is 0.0632. The zero-order valence-electron chi connectivity index (χ0n) is 13.3. The van der Waals surface area contributed by atoms with E-state index in [1.54, 1.807) is 13.0 Å². The van der Waals surface area contributed by atoms with Gasteiger partial charge in [-0.15, -0.1) is 4.68 Å². The maximum atomic E-state index is 12.1. The number of anilines is 1. The molecule has 0 fully saturated rings. The third-order valence-corrected chi connectivity index (χ3v) is 2.88. The van der Waals surface area contributed by atoms with Gasteiger partial charge in [0.25, 0.3) is 0 Å². The van der Waals surface area contributed by atoms with Crippen molar-refractivity contribution in [2.45, 2.75) is 13.8 Å². The number of aromatic nitrogens is 4. The van der Waals surface area contributed by atoms with E-state index < -0.39 is 18.1 Å². The number of rotatable bonds is 3. The Bertz CT molecular complexity index is 758. The van der Waals surface area contributed by atoms with Gasteiger partial charge in [-0.25, -0.2) is 19.6 Å². The van der Waals surface area contributed by atoms with Gasteiger partial charge >= 0.3 is 12.2 Å². The van der Waals surface area contributed by atoms with Crippen LogP contribution in [0, 0.1) is 0 Å². The fraction of sp³-hybridized carbons (Fsp3) is 0.286. The maximum Gasteiger partial charge on any atom is 0.436 e. The second kappa shape index (κ2) is 7.31. The van der Waals surface area contributed by atoms with Crippen molar-refractivity contribution in [3.05, 3.63) is 24.7 Å². The van der Waals surface area contributed by atoms with Gasteiger partial charge in [0, 0.05) is 19.2 Å². The summed E-state index contributed by atoms with van der Waals surface area (Å²) in [5.41, 5.74) is 0.662. The molecule has 10 heteroatoms. The smallest absolute Gasteiger partial charge is 0.436 e. The molecule has 0 aliphatic carbocycles. The van der Waals surface area contributed by atoms with Gasteiger partial charge in [-0.1, -0.05) is 0 Å². The predicted octanol–water partition coefficient (Wildman–Crippen LogP) is 1.46. The van der Waals surface area contributed by atoms with Gasteiger partial charge in [0.15, 0.2) is 5.82 Å². The lowest BCUT2D eigenvalue weighted by atomic mass is 10.3. The van der Waals surface area contributed by atoms with Gasteiger partial charge < -0.3 is 9.47 Å². The first-order valence-electron chi connectivity index (χ1n) is 6.91. The molecule has 0 saturated carbocycles. The zero-order chi connectivity index (χ0) is 17.7. The molecule has 126 valence electrons. The number of hydrogen-bond donors (Lipinski definition) is 0. The van der Waals surface area contributed by atoms with Crippen LogP contribution in [-0.4, -0.2) is 51.6 Å². The lowest BCUT2D eigenvalue weighted by Gasteiger charge is -2.17. The monoisotopic (exact) mass is 333 g/mol. The molecule has 24 heavy (non-hydrogen) atoms. The van der Waals surface area contributed by atoms with Gasteiger partial charge in [-0.05, 0) is 13.0 Å². The van der Waals surface area contributed by atoms with Crippen molar-refractivity contribution in [1.29, 1.82) is 0 Å². The van der Waals surface area contributed by atoms with Gasteiger partial charge in [0.1, 0.15) is 12.0 Å². The van der Waals surface area contributed by atoms with Crippen molar-refractivity contribution in [2.75, 3.05) is 18.6 Å². The van der Waals surface area contributed by atoms with E-state index in [4.69, 9.17) is 4.74 Å². The van der Waals surface area contributed by atoms with Crippen molar-refractivity contribution >= 4 is 23.9 Å². The molecule has 0 aromatic carbocycles. The van der Waals surface area contributed by atoms with Crippen LogP contribution >= 0.6 is 0 Å². The van der Waals surface area contributed by atoms with Crippen molar-refractivity contribution < 1.29 is 23.9 Å². The number of carbonyl (C=O) groups is 3. The number of amides is 2. The molecule has 2 aromatic rings. The Kier molecular flexibility index (Phi) is 5.20. The van der Waals surface area contributed by atoms with E-state index in [1.807, 2.05) is 0 Å². The van der Waals surface area contributed by atoms with Crippen LogP contribution in [-0.2, 0) is 14.3 Å². The molecule has 2 rings (SSSR count). The average molecular weight is 333 g/mol. The lowest BCUT2D eigenvalue weighted by Crippen LogP contribution is -2.38. The van der Waals surface area contributed by atoms with Crippen LogP contribution in [0.2, 0.25) is 0 Å². The highest BCUT2D eigenvalue weighted by Crippen LogP contribution is 2.24. The Labute approximate surface area is 137 Å². The number of ether oxygens (including phenoxy) is 2. The van der Waals surface area contributed by atoms with Crippen LogP contribution in [0.1, 0.15) is 13.8 Å². The quantitative estimate of drug-likeness (QED) is 0.828. The summed E-state index contributed by atoms with van der Waals surface area (Å²) in [6, 6.07) is 2.92. The molecular weight excluding hydrogens is 318 g/mol. The molecule has 0 aliphatic heterocycles. The minimum Gasteiger partial charge on any atom is -0.451 e. The van der Waals surface area contributed by atoms with Gasteiger partial charge in [0.2, 0.25) is 5.91 Å². The summed E-state index contributed by atoms with van der Waals surface area (Å²) >= 11 is 0. The first-order chi connectivity index (χ1) is 11.5. The molecule has 0 aliphatic rings. The largest absolute Gasteiger partial charge is 0.451 e. The SMILES string of the molecule is CCOC(=O)N(C(C)=O)c1cc(-c2ccncn2)nn1C(=O)OC. The molecule has 0 bridgehead atoms. The van der Waals surface area contributed by atoms with E-state index in [1.165, 1.54) is 18.6 Å².